The number of carbonyl (C=O) groups excluding carboxylic acids is 1. The SMILES string of the molecule is Cc1c(C(=O)N2CCc3c(cnn3C(C)(C)C)C2)cnn1-c1ccccn1. The third-order valence-corrected chi connectivity index (χ3v) is 4.96. The van der Waals surface area contributed by atoms with E-state index in [-0.39, 0.29) is 11.4 Å². The predicted molar refractivity (Wildman–Crippen MR) is 102 cm³/mol. The monoisotopic (exact) mass is 364 g/mol. The minimum Gasteiger partial charge on any atom is -0.334 e. The van der Waals surface area contributed by atoms with Crippen molar-refractivity contribution >= 4 is 5.91 Å². The number of rotatable bonds is 2. The number of nitrogens with zero attached hydrogens (tertiary/aromatic N) is 6. The summed E-state index contributed by atoms with van der Waals surface area (Å²) in [6.07, 6.45) is 6.06. The molecule has 0 N–H and O–H groups in total. The van der Waals surface area contributed by atoms with E-state index in [1.54, 1.807) is 17.1 Å². The molecule has 27 heavy (non-hydrogen) atoms. The Balaban J connectivity index is 1.58. The number of aromatic nitrogens is 5. The van der Waals surface area contributed by atoms with Crippen LogP contribution in [0.4, 0.5) is 0 Å². The van der Waals surface area contributed by atoms with E-state index in [1.807, 2.05) is 36.2 Å². The molecule has 0 aliphatic carbocycles. The molecule has 0 saturated carbocycles. The molecule has 3 aromatic heterocycles. The first-order valence-electron chi connectivity index (χ1n) is 9.18. The lowest BCUT2D eigenvalue weighted by Gasteiger charge is -2.30. The summed E-state index contributed by atoms with van der Waals surface area (Å²) in [6.45, 7) is 9.61. The van der Waals surface area contributed by atoms with E-state index in [0.29, 0.717) is 24.5 Å². The quantitative estimate of drug-likeness (QED) is 0.701. The molecular weight excluding hydrogens is 340 g/mol. The van der Waals surface area contributed by atoms with E-state index in [2.05, 4.69) is 40.6 Å². The van der Waals surface area contributed by atoms with E-state index in [0.717, 1.165) is 17.7 Å². The molecule has 1 amide bonds. The Morgan fingerprint density at radius 1 is 1.15 bits per heavy atom. The Morgan fingerprint density at radius 2 is 1.96 bits per heavy atom. The molecule has 0 radical (unpaired) electrons. The number of fused-ring (bicyclic) bond motifs is 1. The second-order valence-electron chi connectivity index (χ2n) is 7.92. The van der Waals surface area contributed by atoms with Crippen LogP contribution in [-0.4, -0.2) is 41.9 Å². The van der Waals surface area contributed by atoms with Gasteiger partial charge in [0.1, 0.15) is 0 Å². The van der Waals surface area contributed by atoms with Gasteiger partial charge in [0.25, 0.3) is 5.91 Å². The zero-order chi connectivity index (χ0) is 19.2. The van der Waals surface area contributed by atoms with Crippen LogP contribution < -0.4 is 0 Å². The van der Waals surface area contributed by atoms with Gasteiger partial charge in [0.2, 0.25) is 0 Å². The van der Waals surface area contributed by atoms with Crippen LogP contribution >= 0.6 is 0 Å². The zero-order valence-corrected chi connectivity index (χ0v) is 16.2. The van der Waals surface area contributed by atoms with Crippen LogP contribution in [0.1, 0.15) is 48.1 Å². The van der Waals surface area contributed by atoms with Crippen LogP contribution in [0, 0.1) is 6.92 Å². The van der Waals surface area contributed by atoms with Crippen molar-refractivity contribution in [2.24, 2.45) is 0 Å². The van der Waals surface area contributed by atoms with E-state index < -0.39 is 0 Å². The molecule has 0 atom stereocenters. The first-order valence-corrected chi connectivity index (χ1v) is 9.18. The van der Waals surface area contributed by atoms with Crippen LogP contribution in [0.5, 0.6) is 0 Å². The van der Waals surface area contributed by atoms with Gasteiger partial charge in [0, 0.05) is 37.0 Å². The van der Waals surface area contributed by atoms with Crippen molar-refractivity contribution in [3.63, 3.8) is 0 Å². The fourth-order valence-corrected chi connectivity index (χ4v) is 3.58. The summed E-state index contributed by atoms with van der Waals surface area (Å²) in [5.41, 5.74) is 3.72. The van der Waals surface area contributed by atoms with Crippen LogP contribution in [0.2, 0.25) is 0 Å². The molecule has 4 rings (SSSR count). The second kappa shape index (κ2) is 6.33. The lowest BCUT2D eigenvalue weighted by Crippen LogP contribution is -2.37. The van der Waals surface area contributed by atoms with Crippen LogP contribution in [-0.2, 0) is 18.5 Å². The van der Waals surface area contributed by atoms with E-state index in [9.17, 15) is 4.79 Å². The maximum Gasteiger partial charge on any atom is 0.257 e. The zero-order valence-electron chi connectivity index (χ0n) is 16.2. The summed E-state index contributed by atoms with van der Waals surface area (Å²) >= 11 is 0. The minimum absolute atomic E-state index is 0.00356. The van der Waals surface area contributed by atoms with Crippen LogP contribution in [0.25, 0.3) is 5.82 Å². The fourth-order valence-electron chi connectivity index (χ4n) is 3.58. The third-order valence-electron chi connectivity index (χ3n) is 4.96. The Labute approximate surface area is 158 Å². The number of amides is 1. The Bertz CT molecular complexity index is 980. The molecule has 0 aromatic carbocycles. The van der Waals surface area contributed by atoms with Gasteiger partial charge in [-0.15, -0.1) is 0 Å². The standard InChI is InChI=1S/C20H24N6O/c1-14-16(12-22-25(14)18-7-5-6-9-21-18)19(27)24-10-8-17-15(13-24)11-23-26(17)20(2,3)4/h5-7,9,11-12H,8,10,13H2,1-4H3. The predicted octanol–water partition coefficient (Wildman–Crippen LogP) is 2.73. The molecule has 0 unspecified atom stereocenters. The Morgan fingerprint density at radius 3 is 2.67 bits per heavy atom. The van der Waals surface area contributed by atoms with Gasteiger partial charge in [-0.1, -0.05) is 6.07 Å². The molecule has 3 aromatic rings. The maximum atomic E-state index is 13.1. The highest BCUT2D eigenvalue weighted by Crippen LogP contribution is 2.26. The Kier molecular flexibility index (Phi) is 4.09. The molecule has 7 nitrogen and oxygen atoms in total. The molecule has 0 fully saturated rings. The highest BCUT2D eigenvalue weighted by atomic mass is 16.2. The van der Waals surface area contributed by atoms with Crippen molar-refractivity contribution in [2.75, 3.05) is 6.54 Å². The number of carbonyl (C=O) groups is 1. The van der Waals surface area contributed by atoms with Gasteiger partial charge < -0.3 is 4.90 Å². The smallest absolute Gasteiger partial charge is 0.257 e. The summed E-state index contributed by atoms with van der Waals surface area (Å²) in [7, 11) is 0. The van der Waals surface area contributed by atoms with Crippen molar-refractivity contribution in [2.45, 2.75) is 46.2 Å². The number of hydrogen-bond acceptors (Lipinski definition) is 4. The van der Waals surface area contributed by atoms with Gasteiger partial charge in [-0.3, -0.25) is 9.48 Å². The molecule has 140 valence electrons. The number of hydrogen-bond donors (Lipinski definition) is 0. The lowest BCUT2D eigenvalue weighted by molar-refractivity contribution is 0.0731. The molecule has 1 aliphatic heterocycles. The molecule has 0 spiro atoms. The largest absolute Gasteiger partial charge is 0.334 e. The van der Waals surface area contributed by atoms with E-state index in [1.165, 1.54) is 5.69 Å². The molecular formula is C20H24N6O. The number of pyridine rings is 1. The molecule has 4 heterocycles. The van der Waals surface area contributed by atoms with Gasteiger partial charge in [0.05, 0.1) is 29.2 Å². The maximum absolute atomic E-state index is 13.1. The molecule has 1 aliphatic rings. The Hall–Kier alpha value is -2.96. The normalized spacial score (nSPS) is 14.3. The minimum atomic E-state index is -0.0554. The van der Waals surface area contributed by atoms with Crippen molar-refractivity contribution in [1.82, 2.24) is 29.4 Å². The van der Waals surface area contributed by atoms with Gasteiger partial charge in [-0.2, -0.15) is 10.2 Å². The second-order valence-corrected chi connectivity index (χ2v) is 7.92. The molecule has 0 bridgehead atoms. The summed E-state index contributed by atoms with van der Waals surface area (Å²) in [4.78, 5) is 19.3. The average Bonchev–Trinajstić information content (AvgIpc) is 3.24. The summed E-state index contributed by atoms with van der Waals surface area (Å²) in [5.74, 6) is 0.713. The highest BCUT2D eigenvalue weighted by molar-refractivity contribution is 5.95. The van der Waals surface area contributed by atoms with Crippen LogP contribution in [0.15, 0.2) is 36.8 Å². The van der Waals surface area contributed by atoms with Crippen molar-refractivity contribution in [3.05, 3.63) is 59.3 Å². The fraction of sp³-hybridized carbons (Fsp3) is 0.400. The topological polar surface area (TPSA) is 68.8 Å². The first kappa shape index (κ1) is 17.5. The summed E-state index contributed by atoms with van der Waals surface area (Å²) in [6, 6.07) is 5.64. The van der Waals surface area contributed by atoms with Crippen molar-refractivity contribution < 1.29 is 4.79 Å². The van der Waals surface area contributed by atoms with Gasteiger partial charge >= 0.3 is 0 Å². The highest BCUT2D eigenvalue weighted by Gasteiger charge is 2.29. The van der Waals surface area contributed by atoms with Gasteiger partial charge in [0.15, 0.2) is 5.82 Å². The van der Waals surface area contributed by atoms with E-state index in [4.69, 9.17) is 0 Å². The van der Waals surface area contributed by atoms with Crippen molar-refractivity contribution in [3.8, 4) is 5.82 Å². The first-order chi connectivity index (χ1) is 12.9. The van der Waals surface area contributed by atoms with Crippen LogP contribution in [0.3, 0.4) is 0 Å². The molecule has 7 heteroatoms. The third kappa shape index (κ3) is 3.03. The van der Waals surface area contributed by atoms with Crippen molar-refractivity contribution in [1.29, 1.82) is 0 Å². The lowest BCUT2D eigenvalue weighted by atomic mass is 10.0. The molecule has 0 saturated heterocycles. The summed E-state index contributed by atoms with van der Waals surface area (Å²) < 4.78 is 3.79. The average molecular weight is 364 g/mol. The van der Waals surface area contributed by atoms with Gasteiger partial charge in [-0.05, 0) is 39.8 Å². The summed E-state index contributed by atoms with van der Waals surface area (Å²) in [5, 5.41) is 8.92. The van der Waals surface area contributed by atoms with E-state index >= 15 is 0 Å². The van der Waals surface area contributed by atoms with Gasteiger partial charge in [-0.25, -0.2) is 9.67 Å².